The minimum atomic E-state index is -3.47. The van der Waals surface area contributed by atoms with Crippen molar-refractivity contribution in [3.05, 3.63) is 17.9 Å². The zero-order valence-corrected chi connectivity index (χ0v) is 11.9. The predicted molar refractivity (Wildman–Crippen MR) is 68.6 cm³/mol. The Labute approximate surface area is 108 Å². The Balaban J connectivity index is 2.20. The van der Waals surface area contributed by atoms with Gasteiger partial charge < -0.3 is 9.73 Å². The van der Waals surface area contributed by atoms with Crippen LogP contribution in [0.15, 0.2) is 21.6 Å². The average Bonchev–Trinajstić information content (AvgIpc) is 2.86. The lowest BCUT2D eigenvalue weighted by molar-refractivity contribution is 0.357. The Morgan fingerprint density at radius 3 is 2.72 bits per heavy atom. The molecule has 102 valence electrons. The van der Waals surface area contributed by atoms with Crippen molar-refractivity contribution in [2.75, 3.05) is 20.1 Å². The summed E-state index contributed by atoms with van der Waals surface area (Å²) in [6.07, 6.45) is 0.885. The van der Waals surface area contributed by atoms with Crippen molar-refractivity contribution in [1.82, 2.24) is 9.62 Å². The lowest BCUT2D eigenvalue weighted by Gasteiger charge is -2.18. The van der Waals surface area contributed by atoms with Crippen LogP contribution in [0.3, 0.4) is 0 Å². The van der Waals surface area contributed by atoms with E-state index in [0.717, 1.165) is 6.42 Å². The third-order valence-electron chi connectivity index (χ3n) is 3.22. The third kappa shape index (κ3) is 2.60. The molecule has 1 fully saturated rings. The van der Waals surface area contributed by atoms with Gasteiger partial charge in [-0.05, 0) is 31.0 Å². The molecule has 0 aliphatic carbocycles. The van der Waals surface area contributed by atoms with Crippen molar-refractivity contribution in [2.45, 2.75) is 31.9 Å². The summed E-state index contributed by atoms with van der Waals surface area (Å²) >= 11 is 0. The largest absolute Gasteiger partial charge is 0.447 e. The van der Waals surface area contributed by atoms with E-state index in [4.69, 9.17) is 4.42 Å². The Morgan fingerprint density at radius 2 is 2.17 bits per heavy atom. The highest BCUT2D eigenvalue weighted by Crippen LogP contribution is 2.33. The van der Waals surface area contributed by atoms with Crippen LogP contribution in [0.1, 0.15) is 26.0 Å². The van der Waals surface area contributed by atoms with Gasteiger partial charge in [0.25, 0.3) is 10.0 Å². The second-order valence-electron chi connectivity index (χ2n) is 5.50. The monoisotopic (exact) mass is 272 g/mol. The third-order valence-corrected chi connectivity index (χ3v) is 4.94. The van der Waals surface area contributed by atoms with E-state index in [9.17, 15) is 8.42 Å². The van der Waals surface area contributed by atoms with E-state index in [-0.39, 0.29) is 10.5 Å². The molecule has 5 nitrogen and oxygen atoms in total. The molecule has 0 radical (unpaired) electrons. The van der Waals surface area contributed by atoms with Gasteiger partial charge in [-0.3, -0.25) is 0 Å². The van der Waals surface area contributed by atoms with Crippen LogP contribution in [0.5, 0.6) is 0 Å². The molecule has 0 spiro atoms. The first kappa shape index (κ1) is 13.6. The molecule has 1 aromatic rings. The van der Waals surface area contributed by atoms with Crippen LogP contribution in [0.4, 0.5) is 0 Å². The second-order valence-corrected chi connectivity index (χ2v) is 7.37. The van der Waals surface area contributed by atoms with Gasteiger partial charge in [-0.15, -0.1) is 0 Å². The smallest absolute Gasteiger partial charge is 0.276 e. The number of sulfonamides is 1. The quantitative estimate of drug-likeness (QED) is 0.900. The standard InChI is InChI=1S/C12H20N2O3S/c1-12(2)6-7-14(9-12)18(15,16)11-5-4-10(17-11)8-13-3/h4-5,13H,6-9H2,1-3H3. The number of furan rings is 1. The normalized spacial score (nSPS) is 20.4. The van der Waals surface area contributed by atoms with Crippen LogP contribution in [0.2, 0.25) is 0 Å². The maximum atomic E-state index is 12.4. The van der Waals surface area contributed by atoms with Gasteiger partial charge in [0.15, 0.2) is 0 Å². The van der Waals surface area contributed by atoms with Gasteiger partial charge in [-0.1, -0.05) is 13.8 Å². The molecule has 0 atom stereocenters. The summed E-state index contributed by atoms with van der Waals surface area (Å²) in [5.74, 6) is 0.634. The van der Waals surface area contributed by atoms with Crippen molar-refractivity contribution in [1.29, 1.82) is 0 Å². The highest BCUT2D eigenvalue weighted by Gasteiger charge is 2.38. The highest BCUT2D eigenvalue weighted by atomic mass is 32.2. The molecule has 6 heteroatoms. The fourth-order valence-corrected chi connectivity index (χ4v) is 3.72. The number of rotatable bonds is 4. The molecular weight excluding hydrogens is 252 g/mol. The van der Waals surface area contributed by atoms with Crippen LogP contribution in [-0.2, 0) is 16.6 Å². The zero-order chi connectivity index (χ0) is 13.4. The molecule has 2 rings (SSSR count). The van der Waals surface area contributed by atoms with Crippen molar-refractivity contribution in [2.24, 2.45) is 5.41 Å². The molecule has 1 aromatic heterocycles. The first-order valence-corrected chi connectivity index (χ1v) is 7.53. The van der Waals surface area contributed by atoms with E-state index in [2.05, 4.69) is 19.2 Å². The van der Waals surface area contributed by atoms with Crippen LogP contribution in [0, 0.1) is 5.41 Å². The van der Waals surface area contributed by atoms with Crippen molar-refractivity contribution in [3.8, 4) is 0 Å². The minimum Gasteiger partial charge on any atom is -0.447 e. The van der Waals surface area contributed by atoms with Crippen molar-refractivity contribution in [3.63, 3.8) is 0 Å². The average molecular weight is 272 g/mol. The van der Waals surface area contributed by atoms with E-state index in [1.54, 1.807) is 13.1 Å². The van der Waals surface area contributed by atoms with Crippen LogP contribution in [0.25, 0.3) is 0 Å². The minimum absolute atomic E-state index is 0.0467. The molecule has 1 aliphatic rings. The highest BCUT2D eigenvalue weighted by molar-refractivity contribution is 7.89. The van der Waals surface area contributed by atoms with Crippen LogP contribution >= 0.6 is 0 Å². The summed E-state index contributed by atoms with van der Waals surface area (Å²) in [7, 11) is -1.68. The second kappa shape index (κ2) is 4.68. The van der Waals surface area contributed by atoms with E-state index >= 15 is 0 Å². The first-order chi connectivity index (χ1) is 8.35. The molecule has 2 heterocycles. The van der Waals surface area contributed by atoms with Gasteiger partial charge in [0.2, 0.25) is 5.09 Å². The summed E-state index contributed by atoms with van der Waals surface area (Å²) in [6.45, 7) is 5.81. The van der Waals surface area contributed by atoms with E-state index in [0.29, 0.717) is 25.4 Å². The van der Waals surface area contributed by atoms with E-state index in [1.807, 2.05) is 0 Å². The molecule has 1 aliphatic heterocycles. The Bertz CT molecular complexity index is 519. The van der Waals surface area contributed by atoms with Crippen molar-refractivity contribution < 1.29 is 12.8 Å². The number of hydrogen-bond acceptors (Lipinski definition) is 4. The first-order valence-electron chi connectivity index (χ1n) is 6.09. The molecule has 18 heavy (non-hydrogen) atoms. The van der Waals surface area contributed by atoms with E-state index < -0.39 is 10.0 Å². The summed E-state index contributed by atoms with van der Waals surface area (Å²) in [5, 5.41) is 2.98. The predicted octanol–water partition coefficient (Wildman–Crippen LogP) is 1.42. The number of nitrogens with zero attached hydrogens (tertiary/aromatic N) is 1. The van der Waals surface area contributed by atoms with Gasteiger partial charge in [0, 0.05) is 13.1 Å². The molecule has 0 saturated carbocycles. The molecule has 1 N–H and O–H groups in total. The summed E-state index contributed by atoms with van der Waals surface area (Å²) in [5.41, 5.74) is 0.0491. The maximum Gasteiger partial charge on any atom is 0.276 e. The summed E-state index contributed by atoms with van der Waals surface area (Å²) in [4.78, 5) is 0. The van der Waals surface area contributed by atoms with E-state index in [1.165, 1.54) is 10.4 Å². The Hall–Kier alpha value is -0.850. The van der Waals surface area contributed by atoms with Gasteiger partial charge in [0.1, 0.15) is 5.76 Å². The SMILES string of the molecule is CNCc1ccc(S(=O)(=O)N2CCC(C)(C)C2)o1. The molecule has 0 amide bonds. The fourth-order valence-electron chi connectivity index (χ4n) is 2.16. The van der Waals surface area contributed by atoms with Crippen molar-refractivity contribution >= 4 is 10.0 Å². The van der Waals surface area contributed by atoms with Gasteiger partial charge in [0.05, 0.1) is 6.54 Å². The summed E-state index contributed by atoms with van der Waals surface area (Å²) < 4.78 is 31.6. The van der Waals surface area contributed by atoms with Crippen LogP contribution in [-0.4, -0.2) is 32.9 Å². The maximum absolute atomic E-state index is 12.4. The molecule has 0 bridgehead atoms. The summed E-state index contributed by atoms with van der Waals surface area (Å²) in [6, 6.07) is 3.23. The number of nitrogens with one attached hydrogen (secondary N) is 1. The molecule has 1 saturated heterocycles. The van der Waals surface area contributed by atoms with Crippen LogP contribution < -0.4 is 5.32 Å². The lowest BCUT2D eigenvalue weighted by atomic mass is 9.93. The van der Waals surface area contributed by atoms with Gasteiger partial charge in [-0.2, -0.15) is 4.31 Å². The Morgan fingerprint density at radius 1 is 1.44 bits per heavy atom. The molecule has 0 unspecified atom stereocenters. The Kier molecular flexibility index (Phi) is 3.53. The molecule has 0 aromatic carbocycles. The zero-order valence-electron chi connectivity index (χ0n) is 11.1. The number of hydrogen-bond donors (Lipinski definition) is 1. The van der Waals surface area contributed by atoms with Gasteiger partial charge in [-0.25, -0.2) is 8.42 Å². The fraction of sp³-hybridized carbons (Fsp3) is 0.667. The lowest BCUT2D eigenvalue weighted by Crippen LogP contribution is -2.30. The molecular formula is C12H20N2O3S. The van der Waals surface area contributed by atoms with Gasteiger partial charge >= 0.3 is 0 Å². The topological polar surface area (TPSA) is 62.6 Å².